The minimum absolute atomic E-state index is 0.0683. The van der Waals surface area contributed by atoms with Crippen LogP contribution in [0.2, 0.25) is 0 Å². The Balaban J connectivity index is 1.82. The maximum atomic E-state index is 13.3. The second-order valence-corrected chi connectivity index (χ2v) is 8.77. The molecular formula is C29H27NO5. The molecule has 0 radical (unpaired) electrons. The number of ketones is 1. The van der Waals surface area contributed by atoms with Gasteiger partial charge < -0.3 is 14.7 Å². The third-order valence-corrected chi connectivity index (χ3v) is 6.53. The highest BCUT2D eigenvalue weighted by atomic mass is 16.5. The molecule has 1 N–H and O–H groups in total. The van der Waals surface area contributed by atoms with Gasteiger partial charge in [-0.15, -0.1) is 0 Å². The first-order chi connectivity index (χ1) is 16.7. The molecule has 0 aromatic heterocycles. The molecule has 1 fully saturated rings. The van der Waals surface area contributed by atoms with Crippen molar-refractivity contribution >= 4 is 23.4 Å². The summed E-state index contributed by atoms with van der Waals surface area (Å²) in [6.07, 6.45) is 0. The molecule has 4 rings (SSSR count). The lowest BCUT2D eigenvalue weighted by molar-refractivity contribution is -0.140. The van der Waals surface area contributed by atoms with Crippen LogP contribution in [0.3, 0.4) is 0 Å². The summed E-state index contributed by atoms with van der Waals surface area (Å²) < 4.78 is 4.74. The Labute approximate surface area is 204 Å². The van der Waals surface area contributed by atoms with Crippen LogP contribution >= 0.6 is 0 Å². The molecule has 1 amide bonds. The number of benzene rings is 3. The van der Waals surface area contributed by atoms with Gasteiger partial charge in [-0.25, -0.2) is 4.79 Å². The number of carbonyl (C=O) groups is 3. The Bertz CT molecular complexity index is 1350. The van der Waals surface area contributed by atoms with Crippen molar-refractivity contribution in [1.29, 1.82) is 0 Å². The highest BCUT2D eigenvalue weighted by molar-refractivity contribution is 6.46. The van der Waals surface area contributed by atoms with Crippen molar-refractivity contribution in [3.8, 4) is 0 Å². The molecule has 1 heterocycles. The molecule has 3 aromatic rings. The van der Waals surface area contributed by atoms with E-state index in [2.05, 4.69) is 0 Å². The fourth-order valence-electron chi connectivity index (χ4n) is 4.37. The minimum Gasteiger partial charge on any atom is -0.507 e. The van der Waals surface area contributed by atoms with Gasteiger partial charge in [0.1, 0.15) is 5.76 Å². The van der Waals surface area contributed by atoms with E-state index in [1.807, 2.05) is 57.2 Å². The number of aliphatic hydroxyl groups is 1. The quantitative estimate of drug-likeness (QED) is 0.246. The van der Waals surface area contributed by atoms with Crippen LogP contribution in [-0.4, -0.2) is 34.8 Å². The van der Waals surface area contributed by atoms with Crippen molar-refractivity contribution in [2.24, 2.45) is 0 Å². The van der Waals surface area contributed by atoms with E-state index < -0.39 is 23.7 Å². The molecule has 1 unspecified atom stereocenters. The molecule has 0 bridgehead atoms. The standard InChI is InChI=1S/C29H27NO5/c1-17-9-12-22(15-19(17)3)26(31)24-25(23-8-6-5-7-18(23)2)30(28(33)27(24)32)16-20-10-13-21(14-11-20)29(34)35-4/h5-15,25,31H,16H2,1-4H3/b26-24+. The third-order valence-electron chi connectivity index (χ3n) is 6.53. The average molecular weight is 470 g/mol. The van der Waals surface area contributed by atoms with Crippen molar-refractivity contribution < 1.29 is 24.2 Å². The zero-order chi connectivity index (χ0) is 25.3. The fourth-order valence-corrected chi connectivity index (χ4v) is 4.37. The third kappa shape index (κ3) is 4.47. The Morgan fingerprint density at radius 2 is 1.54 bits per heavy atom. The molecule has 1 saturated heterocycles. The summed E-state index contributed by atoms with van der Waals surface area (Å²) in [5, 5.41) is 11.3. The molecule has 178 valence electrons. The average Bonchev–Trinajstić information content (AvgIpc) is 3.10. The van der Waals surface area contributed by atoms with Gasteiger partial charge in [-0.2, -0.15) is 0 Å². The molecule has 6 heteroatoms. The Morgan fingerprint density at radius 3 is 2.17 bits per heavy atom. The van der Waals surface area contributed by atoms with Crippen molar-refractivity contribution in [3.63, 3.8) is 0 Å². The van der Waals surface area contributed by atoms with Crippen molar-refractivity contribution in [2.45, 2.75) is 33.4 Å². The van der Waals surface area contributed by atoms with Crippen LogP contribution in [0.15, 0.2) is 72.3 Å². The second-order valence-electron chi connectivity index (χ2n) is 8.77. The molecule has 6 nitrogen and oxygen atoms in total. The summed E-state index contributed by atoms with van der Waals surface area (Å²) in [6, 6.07) is 18.9. The highest BCUT2D eigenvalue weighted by Gasteiger charge is 2.46. The predicted molar refractivity (Wildman–Crippen MR) is 133 cm³/mol. The van der Waals surface area contributed by atoms with Crippen LogP contribution in [0.4, 0.5) is 0 Å². The summed E-state index contributed by atoms with van der Waals surface area (Å²) in [6.45, 7) is 5.95. The highest BCUT2D eigenvalue weighted by Crippen LogP contribution is 2.41. The number of hydrogen-bond acceptors (Lipinski definition) is 5. The lowest BCUT2D eigenvalue weighted by atomic mass is 9.92. The van der Waals surface area contributed by atoms with E-state index in [0.717, 1.165) is 27.8 Å². The van der Waals surface area contributed by atoms with Gasteiger partial charge in [0, 0.05) is 12.1 Å². The molecule has 0 spiro atoms. The SMILES string of the molecule is COC(=O)c1ccc(CN2C(=O)C(=O)/C(=C(/O)c3ccc(C)c(C)c3)C2c2ccccc2C)cc1. The first-order valence-electron chi connectivity index (χ1n) is 11.3. The number of rotatable bonds is 5. The Morgan fingerprint density at radius 1 is 0.886 bits per heavy atom. The summed E-state index contributed by atoms with van der Waals surface area (Å²) in [5.41, 5.74) is 5.40. The second kappa shape index (κ2) is 9.58. The lowest BCUT2D eigenvalue weighted by Gasteiger charge is -2.26. The van der Waals surface area contributed by atoms with Crippen LogP contribution in [-0.2, 0) is 20.9 Å². The number of likely N-dealkylation sites (tertiary alicyclic amines) is 1. The van der Waals surface area contributed by atoms with E-state index in [0.29, 0.717) is 11.1 Å². The van der Waals surface area contributed by atoms with Gasteiger partial charge >= 0.3 is 5.97 Å². The normalized spacial score (nSPS) is 17.0. The molecule has 3 aromatic carbocycles. The monoisotopic (exact) mass is 469 g/mol. The lowest BCUT2D eigenvalue weighted by Crippen LogP contribution is -2.29. The van der Waals surface area contributed by atoms with E-state index >= 15 is 0 Å². The maximum absolute atomic E-state index is 13.3. The number of ether oxygens (including phenoxy) is 1. The van der Waals surface area contributed by atoms with Gasteiger partial charge in [-0.05, 0) is 66.8 Å². The van der Waals surface area contributed by atoms with Gasteiger partial charge in [-0.1, -0.05) is 48.5 Å². The van der Waals surface area contributed by atoms with Gasteiger partial charge in [-0.3, -0.25) is 9.59 Å². The smallest absolute Gasteiger partial charge is 0.337 e. The molecule has 35 heavy (non-hydrogen) atoms. The number of methoxy groups -OCH3 is 1. The van der Waals surface area contributed by atoms with Gasteiger partial charge in [0.15, 0.2) is 0 Å². The largest absolute Gasteiger partial charge is 0.507 e. The number of aliphatic hydroxyl groups excluding tert-OH is 1. The molecule has 1 atom stereocenters. The topological polar surface area (TPSA) is 83.9 Å². The van der Waals surface area contributed by atoms with Crippen molar-refractivity contribution in [2.75, 3.05) is 7.11 Å². The molecule has 1 aliphatic heterocycles. The van der Waals surface area contributed by atoms with E-state index in [4.69, 9.17) is 4.74 Å². The Kier molecular flexibility index (Phi) is 6.56. The predicted octanol–water partition coefficient (Wildman–Crippen LogP) is 5.02. The van der Waals surface area contributed by atoms with Crippen molar-refractivity contribution in [1.82, 2.24) is 4.90 Å². The van der Waals surface area contributed by atoms with Crippen LogP contribution in [0.5, 0.6) is 0 Å². The maximum Gasteiger partial charge on any atom is 0.337 e. The first kappa shape index (κ1) is 24.0. The van der Waals surface area contributed by atoms with Crippen LogP contribution in [0, 0.1) is 20.8 Å². The number of carbonyl (C=O) groups excluding carboxylic acids is 3. The molecule has 0 saturated carbocycles. The number of esters is 1. The van der Waals surface area contributed by atoms with E-state index in [1.165, 1.54) is 12.0 Å². The van der Waals surface area contributed by atoms with Crippen LogP contribution < -0.4 is 0 Å². The summed E-state index contributed by atoms with van der Waals surface area (Å²) >= 11 is 0. The first-order valence-corrected chi connectivity index (χ1v) is 11.3. The number of amides is 1. The molecule has 1 aliphatic rings. The van der Waals surface area contributed by atoms with Gasteiger partial charge in [0.05, 0.1) is 24.3 Å². The zero-order valence-corrected chi connectivity index (χ0v) is 20.2. The number of aryl methyl sites for hydroxylation is 3. The summed E-state index contributed by atoms with van der Waals surface area (Å²) in [7, 11) is 1.31. The van der Waals surface area contributed by atoms with Crippen LogP contribution in [0.1, 0.15) is 49.8 Å². The minimum atomic E-state index is -0.752. The van der Waals surface area contributed by atoms with E-state index in [1.54, 1.807) is 30.3 Å². The number of Topliss-reactive ketones (excluding diaryl/α,β-unsaturated/α-hetero) is 1. The van der Waals surface area contributed by atoms with Crippen molar-refractivity contribution in [3.05, 3.63) is 111 Å². The summed E-state index contributed by atoms with van der Waals surface area (Å²) in [5.74, 6) is -2.05. The fraction of sp³-hybridized carbons (Fsp3) is 0.207. The molecule has 0 aliphatic carbocycles. The Hall–Kier alpha value is -4.19. The van der Waals surface area contributed by atoms with E-state index in [9.17, 15) is 19.5 Å². The number of hydrogen-bond donors (Lipinski definition) is 1. The molecular weight excluding hydrogens is 442 g/mol. The van der Waals surface area contributed by atoms with Gasteiger partial charge in [0.25, 0.3) is 11.7 Å². The zero-order valence-electron chi connectivity index (χ0n) is 20.2. The van der Waals surface area contributed by atoms with Crippen LogP contribution in [0.25, 0.3) is 5.76 Å². The summed E-state index contributed by atoms with van der Waals surface area (Å²) in [4.78, 5) is 39.8. The van der Waals surface area contributed by atoms with Gasteiger partial charge in [0.2, 0.25) is 0 Å². The number of nitrogens with zero attached hydrogens (tertiary/aromatic N) is 1. The van der Waals surface area contributed by atoms with E-state index in [-0.39, 0.29) is 17.9 Å².